The van der Waals surface area contributed by atoms with E-state index in [1.54, 1.807) is 30.6 Å². The zero-order valence-electron chi connectivity index (χ0n) is 12.3. The first-order valence-electron chi connectivity index (χ1n) is 6.56. The summed E-state index contributed by atoms with van der Waals surface area (Å²) in [6.07, 6.45) is 3.17. The molecule has 0 spiro atoms. The number of aromatic nitrogens is 2. The number of aromatic amines is 1. The van der Waals surface area contributed by atoms with Crippen molar-refractivity contribution in [2.24, 2.45) is 5.73 Å². The minimum absolute atomic E-state index is 0.137. The number of carboxylic acid groups (broad SMARTS) is 2. The van der Waals surface area contributed by atoms with Gasteiger partial charge in [0.05, 0.1) is 11.1 Å². The minimum atomic E-state index is -0.998. The fourth-order valence-corrected chi connectivity index (χ4v) is 3.49. The molecule has 0 bridgehead atoms. The van der Waals surface area contributed by atoms with Crippen LogP contribution in [-0.4, -0.2) is 44.4 Å². The maximum absolute atomic E-state index is 10.8. The van der Waals surface area contributed by atoms with Crippen LogP contribution >= 0.6 is 33.8 Å². The second-order valence-corrected chi connectivity index (χ2v) is 6.89. The molecule has 2 heterocycles. The Morgan fingerprint density at radius 2 is 1.88 bits per heavy atom. The van der Waals surface area contributed by atoms with Crippen molar-refractivity contribution in [1.82, 2.24) is 9.97 Å². The molecule has 2 rings (SSSR count). The van der Waals surface area contributed by atoms with Crippen molar-refractivity contribution < 1.29 is 19.8 Å². The quantitative estimate of drug-likeness (QED) is 0.337. The number of carboxylic acids is 2. The van der Waals surface area contributed by atoms with Gasteiger partial charge in [0, 0.05) is 24.7 Å². The Bertz CT molecular complexity index is 752. The zero-order valence-corrected chi connectivity index (χ0v) is 14.8. The van der Waals surface area contributed by atoms with Crippen LogP contribution in [0.3, 0.4) is 0 Å². The highest BCUT2D eigenvalue weighted by molar-refractivity contribution is 8.76. The molecule has 10 heteroatoms. The lowest BCUT2D eigenvalue weighted by molar-refractivity contribution is 0.0683. The lowest BCUT2D eigenvalue weighted by Crippen LogP contribution is -2.01. The number of aromatic carboxylic acids is 2. The van der Waals surface area contributed by atoms with Crippen molar-refractivity contribution in [3.63, 3.8) is 0 Å². The van der Waals surface area contributed by atoms with E-state index in [1.807, 2.05) is 0 Å². The number of rotatable bonds is 6. The second-order valence-electron chi connectivity index (χ2n) is 4.07. The monoisotopic (exact) mass is 385 g/mol. The van der Waals surface area contributed by atoms with Gasteiger partial charge in [0.15, 0.2) is 0 Å². The highest BCUT2D eigenvalue weighted by Gasteiger charge is 2.10. The van der Waals surface area contributed by atoms with Crippen LogP contribution in [0.25, 0.3) is 0 Å². The number of pyridine rings is 2. The van der Waals surface area contributed by atoms with Crippen molar-refractivity contribution in [3.8, 4) is 0 Å². The summed E-state index contributed by atoms with van der Waals surface area (Å²) in [7, 11) is 2.85. The average molecular weight is 385 g/mol. The Morgan fingerprint density at radius 1 is 1.21 bits per heavy atom. The molecule has 2 aromatic heterocycles. The molecule has 0 unspecified atom stereocenters. The molecule has 0 radical (unpaired) electrons. The van der Waals surface area contributed by atoms with Gasteiger partial charge in [-0.05, 0) is 35.1 Å². The fourth-order valence-electron chi connectivity index (χ4n) is 1.36. The molecule has 5 N–H and O–H groups in total. The van der Waals surface area contributed by atoms with Gasteiger partial charge in [-0.25, -0.2) is 14.6 Å². The van der Waals surface area contributed by atoms with E-state index in [-0.39, 0.29) is 15.8 Å². The third kappa shape index (κ3) is 6.71. The molecule has 7 nitrogen and oxygen atoms in total. The van der Waals surface area contributed by atoms with E-state index in [9.17, 15) is 9.59 Å². The van der Waals surface area contributed by atoms with Gasteiger partial charge in [-0.1, -0.05) is 23.0 Å². The molecule has 0 saturated heterocycles. The Balaban J connectivity index is 0.000000254. The van der Waals surface area contributed by atoms with E-state index in [0.29, 0.717) is 11.6 Å². The fraction of sp³-hybridized carbons (Fsp3) is 0.143. The Labute approximate surface area is 151 Å². The van der Waals surface area contributed by atoms with Gasteiger partial charge in [-0.2, -0.15) is 0 Å². The van der Waals surface area contributed by atoms with Gasteiger partial charge < -0.3 is 20.9 Å². The summed E-state index contributed by atoms with van der Waals surface area (Å²) in [5.41, 5.74) is 5.69. The maximum Gasteiger partial charge on any atom is 0.338 e. The molecular formula is C14H15N3O4S3. The minimum Gasteiger partial charge on any atom is -0.478 e. The summed E-state index contributed by atoms with van der Waals surface area (Å²) in [6, 6.07) is 6.21. The summed E-state index contributed by atoms with van der Waals surface area (Å²) >= 11 is 4.69. The predicted octanol–water partition coefficient (Wildman–Crippen LogP) is 2.92. The lowest BCUT2D eigenvalue weighted by Gasteiger charge is -2.02. The number of hydrogen-bond acceptors (Lipinski definition) is 7. The normalized spacial score (nSPS) is 9.71. The van der Waals surface area contributed by atoms with Crippen molar-refractivity contribution in [2.45, 2.75) is 5.03 Å². The van der Waals surface area contributed by atoms with E-state index in [1.165, 1.54) is 27.7 Å². The number of carbonyl (C=O) groups is 2. The van der Waals surface area contributed by atoms with Crippen LogP contribution in [0.1, 0.15) is 20.7 Å². The summed E-state index contributed by atoms with van der Waals surface area (Å²) < 4.78 is 0.259. The summed E-state index contributed by atoms with van der Waals surface area (Å²) in [6.45, 7) is 0.576. The second kappa shape index (κ2) is 10.8. The van der Waals surface area contributed by atoms with Crippen LogP contribution in [0, 0.1) is 4.64 Å². The van der Waals surface area contributed by atoms with Crippen molar-refractivity contribution in [2.75, 3.05) is 12.3 Å². The molecule has 0 aliphatic heterocycles. The number of nitrogens with two attached hydrogens (primary N) is 1. The Morgan fingerprint density at radius 3 is 2.42 bits per heavy atom. The van der Waals surface area contributed by atoms with Crippen LogP contribution in [0.5, 0.6) is 0 Å². The molecule has 128 valence electrons. The summed E-state index contributed by atoms with van der Waals surface area (Å²) in [5, 5.41) is 17.8. The standard InChI is InChI=1S/C8H10N2O2S2.C6H5NO2S/c9-3-5-13-14-7-6(8(11)12)2-1-4-10-7;8-6(9)4-2-1-3-7-5(4)10/h1-2,4H,3,5,9H2,(H,11,12);1-3H,(H,7,10)(H,8,9). The molecule has 0 fully saturated rings. The van der Waals surface area contributed by atoms with E-state index in [0.717, 1.165) is 5.75 Å². The van der Waals surface area contributed by atoms with Crippen LogP contribution in [-0.2, 0) is 0 Å². The van der Waals surface area contributed by atoms with Gasteiger partial charge in [0.1, 0.15) is 9.67 Å². The first-order chi connectivity index (χ1) is 11.5. The molecule has 0 aliphatic rings. The van der Waals surface area contributed by atoms with E-state index >= 15 is 0 Å². The molecular weight excluding hydrogens is 370 g/mol. The topological polar surface area (TPSA) is 129 Å². The molecule has 0 amide bonds. The van der Waals surface area contributed by atoms with Gasteiger partial charge in [0.25, 0.3) is 0 Å². The SMILES string of the molecule is NCCSSc1ncccc1C(=O)O.O=C(O)c1ccc[nH]c1=S. The summed E-state index contributed by atoms with van der Waals surface area (Å²) in [5.74, 6) is -1.17. The zero-order chi connectivity index (χ0) is 17.9. The van der Waals surface area contributed by atoms with Crippen molar-refractivity contribution in [3.05, 3.63) is 52.4 Å². The van der Waals surface area contributed by atoms with Gasteiger partial charge >= 0.3 is 11.9 Å². The lowest BCUT2D eigenvalue weighted by atomic mass is 10.3. The third-order valence-corrected chi connectivity index (χ3v) is 5.06. The van der Waals surface area contributed by atoms with Crippen LogP contribution in [0.15, 0.2) is 41.7 Å². The van der Waals surface area contributed by atoms with Crippen molar-refractivity contribution >= 4 is 45.7 Å². The highest BCUT2D eigenvalue weighted by Crippen LogP contribution is 2.31. The van der Waals surface area contributed by atoms with Gasteiger partial charge in [0.2, 0.25) is 0 Å². The predicted molar refractivity (Wildman–Crippen MR) is 97.2 cm³/mol. The average Bonchev–Trinajstić information content (AvgIpc) is 2.56. The molecule has 24 heavy (non-hydrogen) atoms. The first kappa shape index (κ1) is 20.2. The smallest absolute Gasteiger partial charge is 0.338 e. The largest absolute Gasteiger partial charge is 0.478 e. The van der Waals surface area contributed by atoms with Gasteiger partial charge in [-0.15, -0.1) is 0 Å². The number of hydrogen-bond donors (Lipinski definition) is 4. The molecule has 2 aromatic rings. The molecule has 0 aliphatic carbocycles. The maximum atomic E-state index is 10.8. The number of nitrogens with one attached hydrogen (secondary N) is 1. The number of nitrogens with zero attached hydrogens (tertiary/aromatic N) is 1. The van der Waals surface area contributed by atoms with E-state index < -0.39 is 11.9 Å². The number of H-pyrrole nitrogens is 1. The Kier molecular flexibility index (Phi) is 9.08. The van der Waals surface area contributed by atoms with Crippen LogP contribution in [0.4, 0.5) is 0 Å². The van der Waals surface area contributed by atoms with Crippen LogP contribution in [0.2, 0.25) is 0 Å². The highest BCUT2D eigenvalue weighted by atomic mass is 33.1. The Hall–Kier alpha value is -1.88. The summed E-state index contributed by atoms with van der Waals surface area (Å²) in [4.78, 5) is 27.7. The molecule has 0 saturated carbocycles. The van der Waals surface area contributed by atoms with Crippen LogP contribution < -0.4 is 5.73 Å². The third-order valence-electron chi connectivity index (χ3n) is 2.39. The molecule has 0 atom stereocenters. The van der Waals surface area contributed by atoms with Crippen molar-refractivity contribution in [1.29, 1.82) is 0 Å². The van der Waals surface area contributed by atoms with E-state index in [2.05, 4.69) is 9.97 Å². The van der Waals surface area contributed by atoms with Gasteiger partial charge in [-0.3, -0.25) is 0 Å². The molecule has 0 aromatic carbocycles. The first-order valence-corrected chi connectivity index (χ1v) is 9.29. The van der Waals surface area contributed by atoms with E-state index in [4.69, 9.17) is 28.2 Å².